The van der Waals surface area contributed by atoms with Crippen LogP contribution in [0.2, 0.25) is 10.0 Å². The minimum absolute atomic E-state index is 0.190. The third kappa shape index (κ3) is 6.00. The van der Waals surface area contributed by atoms with Gasteiger partial charge in [-0.05, 0) is 31.5 Å². The fourth-order valence-corrected chi connectivity index (χ4v) is 2.18. The van der Waals surface area contributed by atoms with Crippen molar-refractivity contribution < 1.29 is 9.47 Å². The molecule has 108 valence electrons. The molecule has 0 aromatic heterocycles. The summed E-state index contributed by atoms with van der Waals surface area (Å²) in [6, 6.07) is 3.54. The fourth-order valence-electron chi connectivity index (χ4n) is 1.59. The Labute approximate surface area is 125 Å². The van der Waals surface area contributed by atoms with Gasteiger partial charge in [0.15, 0.2) is 6.79 Å². The maximum Gasteiger partial charge on any atom is 0.189 e. The number of rotatable bonds is 8. The van der Waals surface area contributed by atoms with Crippen molar-refractivity contribution in [1.29, 1.82) is 0 Å². The molecule has 0 aliphatic carbocycles. The summed E-state index contributed by atoms with van der Waals surface area (Å²) >= 11 is 12.2. The van der Waals surface area contributed by atoms with Crippen LogP contribution in [-0.4, -0.2) is 19.9 Å². The number of ether oxygens (including phenoxy) is 2. The summed E-state index contributed by atoms with van der Waals surface area (Å²) in [7, 11) is 0. The van der Waals surface area contributed by atoms with Gasteiger partial charge in [-0.25, -0.2) is 0 Å². The molecule has 0 aliphatic rings. The average Bonchev–Trinajstić information content (AvgIpc) is 2.32. The predicted octanol–water partition coefficient (Wildman–Crippen LogP) is 4.11. The summed E-state index contributed by atoms with van der Waals surface area (Å²) in [6.07, 6.45) is 0. The number of hydrogen-bond acceptors (Lipinski definition) is 3. The van der Waals surface area contributed by atoms with E-state index >= 15 is 0 Å². The molecule has 0 aliphatic heterocycles. The van der Waals surface area contributed by atoms with Crippen molar-refractivity contribution in [2.45, 2.75) is 27.3 Å². The molecule has 0 saturated carbocycles. The summed E-state index contributed by atoms with van der Waals surface area (Å²) in [5, 5.41) is 4.46. The van der Waals surface area contributed by atoms with Crippen LogP contribution in [0.15, 0.2) is 12.1 Å². The van der Waals surface area contributed by atoms with E-state index < -0.39 is 0 Å². The second-order valence-corrected chi connectivity index (χ2v) is 5.50. The maximum absolute atomic E-state index is 6.16. The molecule has 0 unspecified atom stereocenters. The van der Waals surface area contributed by atoms with E-state index in [1.165, 1.54) is 0 Å². The van der Waals surface area contributed by atoms with Gasteiger partial charge in [0.2, 0.25) is 0 Å². The van der Waals surface area contributed by atoms with Crippen LogP contribution in [-0.2, 0) is 11.3 Å². The van der Waals surface area contributed by atoms with Crippen molar-refractivity contribution in [3.63, 3.8) is 0 Å². The molecule has 1 aromatic rings. The van der Waals surface area contributed by atoms with Gasteiger partial charge in [-0.15, -0.1) is 0 Å². The zero-order valence-electron chi connectivity index (χ0n) is 11.6. The van der Waals surface area contributed by atoms with Crippen LogP contribution in [0.4, 0.5) is 0 Å². The van der Waals surface area contributed by atoms with E-state index in [9.17, 15) is 0 Å². The summed E-state index contributed by atoms with van der Waals surface area (Å²) in [5.74, 6) is 1.22. The average molecular weight is 306 g/mol. The highest BCUT2D eigenvalue weighted by atomic mass is 35.5. The van der Waals surface area contributed by atoms with Crippen molar-refractivity contribution in [2.24, 2.45) is 5.92 Å². The Morgan fingerprint density at radius 1 is 1.26 bits per heavy atom. The van der Waals surface area contributed by atoms with Gasteiger partial charge in [0, 0.05) is 23.7 Å². The second-order valence-electron chi connectivity index (χ2n) is 4.66. The Hall–Kier alpha value is -0.480. The van der Waals surface area contributed by atoms with E-state index in [4.69, 9.17) is 32.7 Å². The number of halogens is 2. The summed E-state index contributed by atoms with van der Waals surface area (Å²) in [5.41, 5.74) is 0.942. The molecule has 3 nitrogen and oxygen atoms in total. The summed E-state index contributed by atoms with van der Waals surface area (Å²) in [6.45, 7) is 8.61. The maximum atomic E-state index is 6.16. The lowest BCUT2D eigenvalue weighted by molar-refractivity contribution is 0.0218. The van der Waals surface area contributed by atoms with Gasteiger partial charge < -0.3 is 14.8 Å². The molecular weight excluding hydrogens is 285 g/mol. The quantitative estimate of drug-likeness (QED) is 0.579. The van der Waals surface area contributed by atoms with Crippen LogP contribution < -0.4 is 10.1 Å². The normalized spacial score (nSPS) is 11.1. The first-order valence-electron chi connectivity index (χ1n) is 6.43. The fraction of sp³-hybridized carbons (Fsp3) is 0.571. The Bertz CT molecular complexity index is 397. The molecule has 0 amide bonds. The van der Waals surface area contributed by atoms with Gasteiger partial charge in [0.05, 0.1) is 5.02 Å². The van der Waals surface area contributed by atoms with Crippen molar-refractivity contribution in [3.8, 4) is 5.75 Å². The third-order valence-electron chi connectivity index (χ3n) is 2.44. The Morgan fingerprint density at radius 3 is 2.63 bits per heavy atom. The molecule has 0 radical (unpaired) electrons. The molecule has 1 N–H and O–H groups in total. The monoisotopic (exact) mass is 305 g/mol. The first kappa shape index (κ1) is 16.6. The van der Waals surface area contributed by atoms with Crippen LogP contribution in [0.5, 0.6) is 5.75 Å². The molecule has 0 spiro atoms. The topological polar surface area (TPSA) is 30.5 Å². The van der Waals surface area contributed by atoms with Crippen molar-refractivity contribution in [1.82, 2.24) is 5.32 Å². The molecule has 0 fully saturated rings. The highest BCUT2D eigenvalue weighted by Gasteiger charge is 2.11. The van der Waals surface area contributed by atoms with Crippen molar-refractivity contribution >= 4 is 23.2 Å². The van der Waals surface area contributed by atoms with E-state index in [1.54, 1.807) is 6.07 Å². The van der Waals surface area contributed by atoms with Crippen molar-refractivity contribution in [3.05, 3.63) is 27.7 Å². The number of nitrogens with one attached hydrogen (secondary N) is 1. The smallest absolute Gasteiger partial charge is 0.189 e. The highest BCUT2D eigenvalue weighted by Crippen LogP contribution is 2.32. The zero-order valence-corrected chi connectivity index (χ0v) is 13.1. The van der Waals surface area contributed by atoms with Gasteiger partial charge in [0.1, 0.15) is 5.75 Å². The zero-order chi connectivity index (χ0) is 14.3. The first-order valence-corrected chi connectivity index (χ1v) is 7.19. The lowest BCUT2D eigenvalue weighted by Crippen LogP contribution is -2.19. The molecule has 1 aromatic carbocycles. The number of hydrogen-bond donors (Lipinski definition) is 1. The van der Waals surface area contributed by atoms with Crippen LogP contribution in [0.1, 0.15) is 26.3 Å². The van der Waals surface area contributed by atoms with E-state index in [0.29, 0.717) is 34.9 Å². The molecule has 0 saturated heterocycles. The Morgan fingerprint density at radius 2 is 2.00 bits per heavy atom. The standard InChI is InChI=1S/C14H21Cl2NO2/c1-4-18-9-19-14-11(8-17-7-10(2)3)5-12(15)6-13(14)16/h5-6,10,17H,4,7-9H2,1-3H3. The molecule has 0 heterocycles. The lowest BCUT2D eigenvalue weighted by Gasteiger charge is -2.15. The predicted molar refractivity (Wildman–Crippen MR) is 80.1 cm³/mol. The van der Waals surface area contributed by atoms with Crippen LogP contribution >= 0.6 is 23.2 Å². The molecule has 19 heavy (non-hydrogen) atoms. The molecular formula is C14H21Cl2NO2. The van der Waals surface area contributed by atoms with Gasteiger partial charge in [-0.1, -0.05) is 37.0 Å². The third-order valence-corrected chi connectivity index (χ3v) is 2.94. The lowest BCUT2D eigenvalue weighted by atomic mass is 10.1. The van der Waals surface area contributed by atoms with Crippen LogP contribution in [0.3, 0.4) is 0 Å². The van der Waals surface area contributed by atoms with Gasteiger partial charge >= 0.3 is 0 Å². The van der Waals surface area contributed by atoms with Gasteiger partial charge in [-0.3, -0.25) is 0 Å². The molecule has 0 bridgehead atoms. The largest absolute Gasteiger partial charge is 0.466 e. The molecule has 0 atom stereocenters. The van der Waals surface area contributed by atoms with Crippen LogP contribution in [0, 0.1) is 5.92 Å². The Kier molecular flexibility index (Phi) is 7.54. The SMILES string of the molecule is CCOCOc1c(Cl)cc(Cl)cc1CNCC(C)C. The van der Waals surface area contributed by atoms with E-state index in [2.05, 4.69) is 19.2 Å². The molecule has 1 rings (SSSR count). The number of benzene rings is 1. The highest BCUT2D eigenvalue weighted by molar-refractivity contribution is 6.35. The minimum Gasteiger partial charge on any atom is -0.466 e. The van der Waals surface area contributed by atoms with Gasteiger partial charge in [-0.2, -0.15) is 0 Å². The summed E-state index contributed by atoms with van der Waals surface area (Å²) < 4.78 is 10.8. The Balaban J connectivity index is 2.74. The molecule has 5 heteroatoms. The van der Waals surface area contributed by atoms with E-state index in [1.807, 2.05) is 13.0 Å². The van der Waals surface area contributed by atoms with E-state index in [-0.39, 0.29) is 6.79 Å². The van der Waals surface area contributed by atoms with Crippen LogP contribution in [0.25, 0.3) is 0 Å². The first-order chi connectivity index (χ1) is 9.04. The summed E-state index contributed by atoms with van der Waals surface area (Å²) in [4.78, 5) is 0. The van der Waals surface area contributed by atoms with E-state index in [0.717, 1.165) is 12.1 Å². The van der Waals surface area contributed by atoms with Crippen molar-refractivity contribution in [2.75, 3.05) is 19.9 Å². The van der Waals surface area contributed by atoms with Gasteiger partial charge in [0.25, 0.3) is 0 Å². The second kappa shape index (κ2) is 8.64. The minimum atomic E-state index is 0.190.